The second kappa shape index (κ2) is 3.33. The van der Waals surface area contributed by atoms with E-state index in [1.54, 1.807) is 0 Å². The van der Waals surface area contributed by atoms with Gasteiger partial charge in [-0.3, -0.25) is 9.69 Å². The van der Waals surface area contributed by atoms with Gasteiger partial charge >= 0.3 is 6.03 Å². The van der Waals surface area contributed by atoms with Crippen LogP contribution in [-0.4, -0.2) is 47.4 Å². The van der Waals surface area contributed by atoms with Crippen LogP contribution in [0, 0.1) is 0 Å². The Morgan fingerprint density at radius 1 is 1.46 bits per heavy atom. The largest absolute Gasteiger partial charge is 0.328 e. The van der Waals surface area contributed by atoms with Crippen molar-refractivity contribution in [3.05, 3.63) is 0 Å². The number of nitrogens with two attached hydrogens (primary N) is 1. The van der Waals surface area contributed by atoms with E-state index in [1.807, 2.05) is 13.8 Å². The topological polar surface area (TPSA) is 66.6 Å². The molecule has 0 radical (unpaired) electrons. The first-order valence-corrected chi connectivity index (χ1v) is 4.30. The van der Waals surface area contributed by atoms with Gasteiger partial charge in [0.15, 0.2) is 0 Å². The van der Waals surface area contributed by atoms with Gasteiger partial charge in [0.1, 0.15) is 6.04 Å². The first-order chi connectivity index (χ1) is 6.00. The molecule has 2 N–H and O–H groups in total. The first kappa shape index (κ1) is 9.98. The molecule has 1 saturated heterocycles. The van der Waals surface area contributed by atoms with E-state index < -0.39 is 6.04 Å². The van der Waals surface area contributed by atoms with Gasteiger partial charge in [-0.1, -0.05) is 0 Å². The summed E-state index contributed by atoms with van der Waals surface area (Å²) in [6, 6.07) is -0.720. The minimum Gasteiger partial charge on any atom is -0.328 e. The highest BCUT2D eigenvalue weighted by atomic mass is 16.2. The van der Waals surface area contributed by atoms with Crippen LogP contribution >= 0.6 is 0 Å². The summed E-state index contributed by atoms with van der Waals surface area (Å²) in [5.41, 5.74) is 5.44. The van der Waals surface area contributed by atoms with Gasteiger partial charge < -0.3 is 10.6 Å². The summed E-state index contributed by atoms with van der Waals surface area (Å²) in [7, 11) is 1.48. The van der Waals surface area contributed by atoms with Gasteiger partial charge in [0.25, 0.3) is 5.91 Å². The molecule has 0 aromatic carbocycles. The van der Waals surface area contributed by atoms with E-state index in [-0.39, 0.29) is 24.5 Å². The smallest absolute Gasteiger partial charge is 0.327 e. The first-order valence-electron chi connectivity index (χ1n) is 4.30. The Morgan fingerprint density at radius 2 is 2.00 bits per heavy atom. The van der Waals surface area contributed by atoms with Gasteiger partial charge in [-0.15, -0.1) is 0 Å². The minimum absolute atomic E-state index is 0.00921. The standard InChI is InChI=1S/C8H15N3O2/c1-5(2)11-6(4-9)7(12)10(3)8(11)13/h5-6H,4,9H2,1-3H3. The average molecular weight is 185 g/mol. The van der Waals surface area contributed by atoms with Gasteiger partial charge in [0.2, 0.25) is 0 Å². The molecule has 1 aliphatic rings. The minimum atomic E-state index is -0.475. The molecule has 1 fully saturated rings. The maximum atomic E-state index is 11.5. The summed E-state index contributed by atoms with van der Waals surface area (Å²) >= 11 is 0. The van der Waals surface area contributed by atoms with E-state index in [0.29, 0.717) is 0 Å². The predicted octanol–water partition coefficient (Wildman–Crippen LogP) is -0.384. The maximum Gasteiger partial charge on any atom is 0.327 e. The van der Waals surface area contributed by atoms with Crippen molar-refractivity contribution >= 4 is 11.9 Å². The number of carbonyl (C=O) groups excluding carboxylic acids is 2. The Kier molecular flexibility index (Phi) is 2.56. The van der Waals surface area contributed by atoms with Gasteiger partial charge in [-0.25, -0.2) is 4.79 Å². The van der Waals surface area contributed by atoms with E-state index in [4.69, 9.17) is 5.73 Å². The van der Waals surface area contributed by atoms with Crippen molar-refractivity contribution in [2.45, 2.75) is 25.9 Å². The molecule has 1 heterocycles. The number of nitrogens with zero attached hydrogens (tertiary/aromatic N) is 2. The number of imide groups is 1. The molecule has 74 valence electrons. The molecule has 1 aliphatic heterocycles. The maximum absolute atomic E-state index is 11.5. The summed E-state index contributed by atoms with van der Waals surface area (Å²) in [5, 5.41) is 0. The van der Waals surface area contributed by atoms with Gasteiger partial charge in [-0.05, 0) is 13.8 Å². The molecule has 5 nitrogen and oxygen atoms in total. The van der Waals surface area contributed by atoms with Crippen LogP contribution < -0.4 is 5.73 Å². The van der Waals surface area contributed by atoms with Crippen molar-refractivity contribution in [3.63, 3.8) is 0 Å². The van der Waals surface area contributed by atoms with Crippen LogP contribution in [0.15, 0.2) is 0 Å². The number of carbonyl (C=O) groups is 2. The molecule has 0 aliphatic carbocycles. The quantitative estimate of drug-likeness (QED) is 0.596. The number of amides is 3. The lowest BCUT2D eigenvalue weighted by Crippen LogP contribution is -2.44. The number of urea groups is 1. The van der Waals surface area contributed by atoms with E-state index in [9.17, 15) is 9.59 Å². The summed E-state index contributed by atoms with van der Waals surface area (Å²) in [6.07, 6.45) is 0. The van der Waals surface area contributed by atoms with Gasteiger partial charge in [-0.2, -0.15) is 0 Å². The Morgan fingerprint density at radius 3 is 2.31 bits per heavy atom. The SMILES string of the molecule is CC(C)N1C(=O)N(C)C(=O)C1CN. The second-order valence-corrected chi connectivity index (χ2v) is 3.43. The third-order valence-electron chi connectivity index (χ3n) is 2.24. The van der Waals surface area contributed by atoms with E-state index in [1.165, 1.54) is 11.9 Å². The molecule has 0 spiro atoms. The fraction of sp³-hybridized carbons (Fsp3) is 0.750. The molecule has 5 heteroatoms. The summed E-state index contributed by atoms with van der Waals surface area (Å²) < 4.78 is 0. The molecule has 0 bridgehead atoms. The van der Waals surface area contributed by atoms with Crippen LogP contribution in [0.3, 0.4) is 0 Å². The summed E-state index contributed by atoms with van der Waals surface area (Å²) in [6.45, 7) is 3.92. The van der Waals surface area contributed by atoms with Crippen molar-refractivity contribution in [1.82, 2.24) is 9.80 Å². The normalized spacial score (nSPS) is 23.6. The molecule has 3 amide bonds. The van der Waals surface area contributed by atoms with Crippen LogP contribution in [0.5, 0.6) is 0 Å². The average Bonchev–Trinajstić information content (AvgIpc) is 2.29. The van der Waals surface area contributed by atoms with E-state index in [2.05, 4.69) is 0 Å². The van der Waals surface area contributed by atoms with Crippen molar-refractivity contribution in [1.29, 1.82) is 0 Å². The lowest BCUT2D eigenvalue weighted by Gasteiger charge is -2.24. The van der Waals surface area contributed by atoms with Crippen molar-refractivity contribution in [3.8, 4) is 0 Å². The molecule has 1 atom stereocenters. The summed E-state index contributed by atoms with van der Waals surface area (Å²) in [4.78, 5) is 25.6. The Labute approximate surface area is 77.5 Å². The predicted molar refractivity (Wildman–Crippen MR) is 48.0 cm³/mol. The molecule has 0 aromatic heterocycles. The lowest BCUT2D eigenvalue weighted by molar-refractivity contribution is -0.127. The fourth-order valence-electron chi connectivity index (χ4n) is 1.54. The van der Waals surface area contributed by atoms with Crippen LogP contribution in [-0.2, 0) is 4.79 Å². The van der Waals surface area contributed by atoms with E-state index in [0.717, 1.165) is 4.90 Å². The highest BCUT2D eigenvalue weighted by Gasteiger charge is 2.43. The third kappa shape index (κ3) is 1.39. The third-order valence-corrected chi connectivity index (χ3v) is 2.24. The van der Waals surface area contributed by atoms with Crippen LogP contribution in [0.25, 0.3) is 0 Å². The molecule has 0 aromatic rings. The summed E-state index contributed by atoms with van der Waals surface area (Å²) in [5.74, 6) is -0.207. The lowest BCUT2D eigenvalue weighted by atomic mass is 10.2. The zero-order chi connectivity index (χ0) is 10.2. The highest BCUT2D eigenvalue weighted by Crippen LogP contribution is 2.17. The number of hydrogen-bond acceptors (Lipinski definition) is 3. The van der Waals surface area contributed by atoms with E-state index >= 15 is 0 Å². The van der Waals surface area contributed by atoms with Crippen molar-refractivity contribution in [2.75, 3.05) is 13.6 Å². The zero-order valence-electron chi connectivity index (χ0n) is 8.15. The van der Waals surface area contributed by atoms with Crippen molar-refractivity contribution in [2.24, 2.45) is 5.73 Å². The number of likely N-dealkylation sites (N-methyl/N-ethyl adjacent to an activating group) is 1. The molecular formula is C8H15N3O2. The Hall–Kier alpha value is -1.10. The molecule has 1 rings (SSSR count). The fourth-order valence-corrected chi connectivity index (χ4v) is 1.54. The van der Waals surface area contributed by atoms with Crippen LogP contribution in [0.2, 0.25) is 0 Å². The monoisotopic (exact) mass is 185 g/mol. The van der Waals surface area contributed by atoms with Crippen molar-refractivity contribution < 1.29 is 9.59 Å². The van der Waals surface area contributed by atoms with Gasteiger partial charge in [0.05, 0.1) is 0 Å². The molecule has 1 unspecified atom stereocenters. The number of rotatable bonds is 2. The second-order valence-electron chi connectivity index (χ2n) is 3.43. The van der Waals surface area contributed by atoms with Crippen LogP contribution in [0.4, 0.5) is 4.79 Å². The Balaban J connectivity index is 2.94. The number of hydrogen-bond donors (Lipinski definition) is 1. The molecule has 0 saturated carbocycles. The van der Waals surface area contributed by atoms with Gasteiger partial charge in [0, 0.05) is 19.6 Å². The zero-order valence-corrected chi connectivity index (χ0v) is 8.15. The molecule has 13 heavy (non-hydrogen) atoms. The molecular weight excluding hydrogens is 170 g/mol. The highest BCUT2D eigenvalue weighted by molar-refractivity contribution is 6.04. The Bertz CT molecular complexity index is 240. The van der Waals surface area contributed by atoms with Crippen LogP contribution in [0.1, 0.15) is 13.8 Å².